The van der Waals surface area contributed by atoms with Crippen molar-refractivity contribution in [2.45, 2.75) is 12.8 Å². The maximum Gasteiger partial charge on any atom is 0.135 e. The first kappa shape index (κ1) is 29.7. The molecule has 0 atom stereocenters. The van der Waals surface area contributed by atoms with Crippen molar-refractivity contribution in [1.29, 1.82) is 0 Å². The molecule has 0 N–H and O–H groups in total. The van der Waals surface area contributed by atoms with Gasteiger partial charge in [0.2, 0.25) is 0 Å². The quantitative estimate of drug-likeness (QED) is 0.172. The summed E-state index contributed by atoms with van der Waals surface area (Å²) >= 11 is 0. The highest BCUT2D eigenvalue weighted by molar-refractivity contribution is 6.07. The monoisotopic (exact) mass is 641 g/mol. The van der Waals surface area contributed by atoms with E-state index in [1.54, 1.807) is 0 Å². The number of nitrogens with zero attached hydrogens (tertiary/aromatic N) is 1. The summed E-state index contributed by atoms with van der Waals surface area (Å²) in [6, 6.07) is 60.8. The van der Waals surface area contributed by atoms with Crippen molar-refractivity contribution in [3.05, 3.63) is 194 Å². The molecule has 1 aliphatic carbocycles. The van der Waals surface area contributed by atoms with Crippen molar-refractivity contribution in [2.24, 2.45) is 0 Å². The van der Waals surface area contributed by atoms with E-state index in [-0.39, 0.29) is 0 Å². The van der Waals surface area contributed by atoms with Gasteiger partial charge in [-0.2, -0.15) is 0 Å². The van der Waals surface area contributed by atoms with Crippen LogP contribution in [0.3, 0.4) is 0 Å². The number of para-hydroxylation sites is 1. The lowest BCUT2D eigenvalue weighted by atomic mass is 9.96. The van der Waals surface area contributed by atoms with Crippen molar-refractivity contribution in [3.8, 4) is 33.4 Å². The molecule has 0 spiro atoms. The number of benzene rings is 7. The van der Waals surface area contributed by atoms with Gasteiger partial charge in [0, 0.05) is 27.8 Å². The van der Waals surface area contributed by atoms with E-state index in [1.165, 1.54) is 44.5 Å². The van der Waals surface area contributed by atoms with Gasteiger partial charge in [0.15, 0.2) is 0 Å². The number of furan rings is 1. The third-order valence-corrected chi connectivity index (χ3v) is 9.73. The van der Waals surface area contributed by atoms with Crippen LogP contribution in [0.5, 0.6) is 0 Å². The molecule has 50 heavy (non-hydrogen) atoms. The van der Waals surface area contributed by atoms with E-state index < -0.39 is 0 Å². The van der Waals surface area contributed by atoms with Crippen LogP contribution in [-0.2, 0) is 0 Å². The van der Waals surface area contributed by atoms with E-state index in [9.17, 15) is 0 Å². The van der Waals surface area contributed by atoms with Gasteiger partial charge in [0.25, 0.3) is 0 Å². The van der Waals surface area contributed by atoms with Gasteiger partial charge < -0.3 is 9.32 Å². The zero-order valence-electron chi connectivity index (χ0n) is 27.7. The van der Waals surface area contributed by atoms with Crippen LogP contribution in [0, 0.1) is 0 Å². The van der Waals surface area contributed by atoms with Crippen LogP contribution in [0.4, 0.5) is 17.1 Å². The standard InChI is InChI=1S/C48H35NO/c1-4-12-34(13-5-1)39-18-11-21-44(31-39)49(42-19-8-3-9-20-42)43-26-22-36(23-27-43)37-16-10-17-38(30-37)41-25-29-48-46(33-41)45-32-40(24-28-47(45)50-48)35-14-6-2-7-15-35/h1-4,6-12,14-33H,5,13H2. The molecular formula is C48H35NO. The highest BCUT2D eigenvalue weighted by Gasteiger charge is 2.15. The lowest BCUT2D eigenvalue weighted by Crippen LogP contribution is -2.10. The molecule has 0 unspecified atom stereocenters. The van der Waals surface area contributed by atoms with E-state index >= 15 is 0 Å². The molecule has 0 bridgehead atoms. The van der Waals surface area contributed by atoms with Crippen LogP contribution in [0.25, 0.3) is 60.9 Å². The van der Waals surface area contributed by atoms with Gasteiger partial charge in [-0.15, -0.1) is 0 Å². The first-order valence-electron chi connectivity index (χ1n) is 17.3. The van der Waals surface area contributed by atoms with Gasteiger partial charge in [-0.1, -0.05) is 121 Å². The summed E-state index contributed by atoms with van der Waals surface area (Å²) < 4.78 is 6.25. The second-order valence-electron chi connectivity index (χ2n) is 12.9. The molecule has 8 aromatic rings. The van der Waals surface area contributed by atoms with Gasteiger partial charge in [0.05, 0.1) is 0 Å². The van der Waals surface area contributed by atoms with E-state index in [1.807, 2.05) is 0 Å². The summed E-state index contributed by atoms with van der Waals surface area (Å²) in [6.07, 6.45) is 8.82. The minimum absolute atomic E-state index is 0.904. The molecule has 0 fully saturated rings. The SMILES string of the molecule is C1=CCCC(c2cccc(N(c3ccccc3)c3ccc(-c4cccc(-c5ccc6oc7ccc(-c8ccccc8)cc7c6c5)c4)cc3)c2)=C1. The van der Waals surface area contributed by atoms with E-state index in [2.05, 4.69) is 193 Å². The summed E-state index contributed by atoms with van der Waals surface area (Å²) in [7, 11) is 0. The fraction of sp³-hybridized carbons (Fsp3) is 0.0417. The Kier molecular flexibility index (Phi) is 7.68. The molecule has 0 saturated carbocycles. The highest BCUT2D eigenvalue weighted by Crippen LogP contribution is 2.39. The Morgan fingerprint density at radius 2 is 0.920 bits per heavy atom. The third kappa shape index (κ3) is 5.71. The molecule has 9 rings (SSSR count). The topological polar surface area (TPSA) is 16.4 Å². The second-order valence-corrected chi connectivity index (χ2v) is 12.9. The predicted octanol–water partition coefficient (Wildman–Crippen LogP) is 13.8. The number of rotatable bonds is 7. The van der Waals surface area contributed by atoms with Crippen molar-refractivity contribution in [3.63, 3.8) is 0 Å². The molecule has 2 nitrogen and oxygen atoms in total. The zero-order valence-corrected chi connectivity index (χ0v) is 27.7. The summed E-state index contributed by atoms with van der Waals surface area (Å²) in [5, 5.41) is 2.27. The molecule has 7 aromatic carbocycles. The van der Waals surface area contributed by atoms with Crippen molar-refractivity contribution in [2.75, 3.05) is 4.90 Å². The summed E-state index contributed by atoms with van der Waals surface area (Å²) in [5.74, 6) is 0. The van der Waals surface area contributed by atoms with Crippen molar-refractivity contribution < 1.29 is 4.42 Å². The summed E-state index contributed by atoms with van der Waals surface area (Å²) in [5.41, 5.74) is 15.0. The van der Waals surface area contributed by atoms with Gasteiger partial charge in [-0.05, 0) is 124 Å². The maximum absolute atomic E-state index is 6.25. The van der Waals surface area contributed by atoms with Gasteiger partial charge in [-0.25, -0.2) is 0 Å². The van der Waals surface area contributed by atoms with Crippen LogP contribution in [0.1, 0.15) is 18.4 Å². The lowest BCUT2D eigenvalue weighted by molar-refractivity contribution is 0.669. The third-order valence-electron chi connectivity index (χ3n) is 9.73. The maximum atomic E-state index is 6.25. The number of hydrogen-bond acceptors (Lipinski definition) is 2. The van der Waals surface area contributed by atoms with Gasteiger partial charge in [-0.3, -0.25) is 0 Å². The Morgan fingerprint density at radius 3 is 1.62 bits per heavy atom. The van der Waals surface area contributed by atoms with Gasteiger partial charge in [0.1, 0.15) is 11.2 Å². The second kappa shape index (κ2) is 12.9. The predicted molar refractivity (Wildman–Crippen MR) is 211 cm³/mol. The van der Waals surface area contributed by atoms with Crippen LogP contribution in [0.15, 0.2) is 193 Å². The largest absolute Gasteiger partial charge is 0.456 e. The Balaban J connectivity index is 1.05. The number of anilines is 3. The van der Waals surface area contributed by atoms with Gasteiger partial charge >= 0.3 is 0 Å². The Hall–Kier alpha value is -6.38. The Bertz CT molecular complexity index is 2520. The summed E-state index contributed by atoms with van der Waals surface area (Å²) in [4.78, 5) is 2.34. The van der Waals surface area contributed by atoms with Crippen LogP contribution >= 0.6 is 0 Å². The van der Waals surface area contributed by atoms with Crippen molar-refractivity contribution >= 4 is 44.6 Å². The molecule has 0 aliphatic heterocycles. The average Bonchev–Trinajstić information content (AvgIpc) is 3.57. The molecule has 0 saturated heterocycles. The first-order valence-corrected chi connectivity index (χ1v) is 17.3. The zero-order chi connectivity index (χ0) is 33.3. The number of allylic oxidation sites excluding steroid dienone is 4. The first-order chi connectivity index (χ1) is 24.8. The van der Waals surface area contributed by atoms with Crippen molar-refractivity contribution in [1.82, 2.24) is 0 Å². The fourth-order valence-electron chi connectivity index (χ4n) is 7.16. The van der Waals surface area contributed by atoms with E-state index in [0.717, 1.165) is 51.8 Å². The molecule has 0 amide bonds. The lowest BCUT2D eigenvalue weighted by Gasteiger charge is -2.26. The minimum atomic E-state index is 0.904. The fourth-order valence-corrected chi connectivity index (χ4v) is 7.16. The summed E-state index contributed by atoms with van der Waals surface area (Å²) in [6.45, 7) is 0. The molecular weight excluding hydrogens is 607 g/mol. The van der Waals surface area contributed by atoms with Crippen LogP contribution in [-0.4, -0.2) is 0 Å². The normalized spacial score (nSPS) is 12.7. The number of fused-ring (bicyclic) bond motifs is 3. The van der Waals surface area contributed by atoms with Crippen LogP contribution in [0.2, 0.25) is 0 Å². The molecule has 1 heterocycles. The van der Waals surface area contributed by atoms with E-state index in [0.29, 0.717) is 0 Å². The van der Waals surface area contributed by atoms with Crippen LogP contribution < -0.4 is 4.90 Å². The van der Waals surface area contributed by atoms with E-state index in [4.69, 9.17) is 4.42 Å². The molecule has 0 radical (unpaired) electrons. The Labute approximate surface area is 292 Å². The molecule has 2 heteroatoms. The highest BCUT2D eigenvalue weighted by atomic mass is 16.3. The smallest absolute Gasteiger partial charge is 0.135 e. The minimum Gasteiger partial charge on any atom is -0.456 e. The molecule has 1 aliphatic rings. The number of hydrogen-bond donors (Lipinski definition) is 0. The average molecular weight is 642 g/mol. The molecule has 1 aromatic heterocycles. The Morgan fingerprint density at radius 1 is 0.400 bits per heavy atom. The molecule has 238 valence electrons.